The number of hydrogen-bond donors (Lipinski definition) is 0. The maximum Gasteiger partial charge on any atom is 0.306 e. The molecular formula is C44H76O6. The van der Waals surface area contributed by atoms with Crippen molar-refractivity contribution in [3.8, 4) is 0 Å². The van der Waals surface area contributed by atoms with E-state index in [1.165, 1.54) is 57.8 Å². The number of ether oxygens (including phenoxy) is 3. The van der Waals surface area contributed by atoms with E-state index in [1.54, 1.807) is 0 Å². The molecule has 0 saturated heterocycles. The smallest absolute Gasteiger partial charge is 0.306 e. The molecule has 288 valence electrons. The highest BCUT2D eigenvalue weighted by atomic mass is 16.6. The van der Waals surface area contributed by atoms with Crippen molar-refractivity contribution in [2.75, 3.05) is 13.2 Å². The average Bonchev–Trinajstić information content (AvgIpc) is 3.11. The fourth-order valence-electron chi connectivity index (χ4n) is 5.49. The summed E-state index contributed by atoms with van der Waals surface area (Å²) in [5.74, 6) is -0.923. The molecule has 6 heteroatoms. The zero-order valence-corrected chi connectivity index (χ0v) is 32.7. The molecule has 0 fully saturated rings. The second-order valence-corrected chi connectivity index (χ2v) is 13.5. The fraction of sp³-hybridized carbons (Fsp3) is 0.750. The predicted octanol–water partition coefficient (Wildman–Crippen LogP) is 12.8. The van der Waals surface area contributed by atoms with Crippen LogP contribution < -0.4 is 0 Å². The van der Waals surface area contributed by atoms with Gasteiger partial charge >= 0.3 is 17.9 Å². The molecule has 0 aromatic rings. The lowest BCUT2D eigenvalue weighted by molar-refractivity contribution is -0.167. The standard InChI is InChI=1S/C44H76O6/c1-4-7-10-13-16-18-19-20-21-22-23-24-25-27-28-31-34-37-43(46)49-40-41(39-48-42(45)36-33-30-15-12-9-6-3)50-44(47)38-35-32-29-26-17-14-11-8-5-2/h7,10,16,18,20-21,23-24,41H,4-6,8-9,11-15,17,19,22,25-40H2,1-3H3/b10-7-,18-16-,21-20-,24-23-. The first-order chi connectivity index (χ1) is 24.5. The van der Waals surface area contributed by atoms with Gasteiger partial charge in [0.25, 0.3) is 0 Å². The monoisotopic (exact) mass is 701 g/mol. The molecule has 1 atom stereocenters. The summed E-state index contributed by atoms with van der Waals surface area (Å²) in [5, 5.41) is 0. The Morgan fingerprint density at radius 3 is 1.22 bits per heavy atom. The number of hydrogen-bond acceptors (Lipinski definition) is 6. The van der Waals surface area contributed by atoms with E-state index in [-0.39, 0.29) is 31.1 Å². The molecule has 0 aromatic carbocycles. The molecule has 0 aliphatic rings. The van der Waals surface area contributed by atoms with Crippen LogP contribution in [-0.2, 0) is 28.6 Å². The van der Waals surface area contributed by atoms with Gasteiger partial charge in [-0.15, -0.1) is 0 Å². The Bertz CT molecular complexity index is 902. The molecule has 1 unspecified atom stereocenters. The van der Waals surface area contributed by atoms with Gasteiger partial charge in [0.15, 0.2) is 6.10 Å². The molecular weight excluding hydrogens is 624 g/mol. The van der Waals surface area contributed by atoms with Crippen molar-refractivity contribution in [2.24, 2.45) is 0 Å². The van der Waals surface area contributed by atoms with Crippen LogP contribution in [0.5, 0.6) is 0 Å². The van der Waals surface area contributed by atoms with Gasteiger partial charge < -0.3 is 14.2 Å². The van der Waals surface area contributed by atoms with Crippen LogP contribution in [-0.4, -0.2) is 37.2 Å². The Balaban J connectivity index is 4.30. The van der Waals surface area contributed by atoms with Crippen LogP contribution in [0.25, 0.3) is 0 Å². The van der Waals surface area contributed by atoms with Gasteiger partial charge in [-0.2, -0.15) is 0 Å². The third-order valence-corrected chi connectivity index (χ3v) is 8.60. The zero-order chi connectivity index (χ0) is 36.6. The van der Waals surface area contributed by atoms with E-state index in [4.69, 9.17) is 14.2 Å². The van der Waals surface area contributed by atoms with E-state index in [0.29, 0.717) is 19.3 Å². The normalized spacial score (nSPS) is 12.5. The number of rotatable bonds is 36. The summed E-state index contributed by atoms with van der Waals surface area (Å²) in [6.45, 7) is 6.40. The molecule has 0 aliphatic carbocycles. The van der Waals surface area contributed by atoms with E-state index in [1.807, 2.05) is 0 Å². The molecule has 6 nitrogen and oxygen atoms in total. The predicted molar refractivity (Wildman–Crippen MR) is 210 cm³/mol. The van der Waals surface area contributed by atoms with Crippen molar-refractivity contribution >= 4 is 17.9 Å². The summed E-state index contributed by atoms with van der Waals surface area (Å²) < 4.78 is 16.5. The number of allylic oxidation sites excluding steroid dienone is 8. The van der Waals surface area contributed by atoms with Gasteiger partial charge in [0, 0.05) is 19.3 Å². The topological polar surface area (TPSA) is 78.9 Å². The Morgan fingerprint density at radius 1 is 0.420 bits per heavy atom. The summed E-state index contributed by atoms with van der Waals surface area (Å²) in [7, 11) is 0. The lowest BCUT2D eigenvalue weighted by atomic mass is 10.1. The largest absolute Gasteiger partial charge is 0.462 e. The van der Waals surface area contributed by atoms with Crippen LogP contribution >= 0.6 is 0 Å². The van der Waals surface area contributed by atoms with Crippen LogP contribution in [0.2, 0.25) is 0 Å². The molecule has 0 rings (SSSR count). The number of carbonyl (C=O) groups excluding carboxylic acids is 3. The zero-order valence-electron chi connectivity index (χ0n) is 32.7. The molecule has 0 aromatic heterocycles. The minimum atomic E-state index is -0.774. The highest BCUT2D eigenvalue weighted by molar-refractivity contribution is 5.71. The third-order valence-electron chi connectivity index (χ3n) is 8.60. The molecule has 0 aliphatic heterocycles. The molecule has 0 radical (unpaired) electrons. The minimum Gasteiger partial charge on any atom is -0.462 e. The Kier molecular flexibility index (Phi) is 37.1. The quantitative estimate of drug-likeness (QED) is 0.0280. The van der Waals surface area contributed by atoms with Gasteiger partial charge in [-0.1, -0.05) is 166 Å². The van der Waals surface area contributed by atoms with Crippen LogP contribution in [0.4, 0.5) is 0 Å². The van der Waals surface area contributed by atoms with E-state index in [0.717, 1.165) is 96.3 Å². The van der Waals surface area contributed by atoms with Gasteiger partial charge in [0.05, 0.1) is 0 Å². The van der Waals surface area contributed by atoms with Crippen molar-refractivity contribution < 1.29 is 28.6 Å². The van der Waals surface area contributed by atoms with Gasteiger partial charge in [-0.25, -0.2) is 0 Å². The van der Waals surface area contributed by atoms with E-state index >= 15 is 0 Å². The Hall–Kier alpha value is -2.63. The molecule has 0 amide bonds. The van der Waals surface area contributed by atoms with E-state index in [9.17, 15) is 14.4 Å². The van der Waals surface area contributed by atoms with Crippen LogP contribution in [0.1, 0.15) is 194 Å². The Morgan fingerprint density at radius 2 is 0.780 bits per heavy atom. The highest BCUT2D eigenvalue weighted by Gasteiger charge is 2.19. The van der Waals surface area contributed by atoms with Crippen LogP contribution in [0, 0.1) is 0 Å². The fourth-order valence-corrected chi connectivity index (χ4v) is 5.49. The lowest BCUT2D eigenvalue weighted by Gasteiger charge is -2.18. The van der Waals surface area contributed by atoms with Gasteiger partial charge in [-0.05, 0) is 57.8 Å². The van der Waals surface area contributed by atoms with Crippen molar-refractivity contribution in [3.63, 3.8) is 0 Å². The maximum absolute atomic E-state index is 12.6. The van der Waals surface area contributed by atoms with Crippen molar-refractivity contribution in [1.82, 2.24) is 0 Å². The molecule has 0 bridgehead atoms. The summed E-state index contributed by atoms with van der Waals surface area (Å²) in [4.78, 5) is 37.3. The lowest BCUT2D eigenvalue weighted by Crippen LogP contribution is -2.30. The first-order valence-electron chi connectivity index (χ1n) is 20.6. The summed E-state index contributed by atoms with van der Waals surface area (Å²) >= 11 is 0. The Labute approximate surface area is 307 Å². The molecule has 0 N–H and O–H groups in total. The first-order valence-corrected chi connectivity index (χ1v) is 20.6. The summed E-state index contributed by atoms with van der Waals surface area (Å²) in [5.41, 5.74) is 0. The molecule has 0 saturated carbocycles. The first kappa shape index (κ1) is 47.4. The third kappa shape index (κ3) is 36.6. The van der Waals surface area contributed by atoms with Gasteiger partial charge in [0.1, 0.15) is 13.2 Å². The van der Waals surface area contributed by atoms with Crippen molar-refractivity contribution in [1.29, 1.82) is 0 Å². The number of esters is 3. The van der Waals surface area contributed by atoms with Crippen molar-refractivity contribution in [2.45, 2.75) is 200 Å². The van der Waals surface area contributed by atoms with E-state index in [2.05, 4.69) is 69.4 Å². The average molecular weight is 701 g/mol. The number of carbonyl (C=O) groups is 3. The highest BCUT2D eigenvalue weighted by Crippen LogP contribution is 2.13. The van der Waals surface area contributed by atoms with Crippen LogP contribution in [0.3, 0.4) is 0 Å². The van der Waals surface area contributed by atoms with Gasteiger partial charge in [-0.3, -0.25) is 14.4 Å². The van der Waals surface area contributed by atoms with E-state index < -0.39 is 6.10 Å². The number of unbranched alkanes of at least 4 members (excludes halogenated alkanes) is 17. The second-order valence-electron chi connectivity index (χ2n) is 13.5. The molecule has 50 heavy (non-hydrogen) atoms. The summed E-state index contributed by atoms with van der Waals surface area (Å²) in [6, 6.07) is 0. The summed E-state index contributed by atoms with van der Waals surface area (Å²) in [6.07, 6.45) is 44.0. The minimum absolute atomic E-state index is 0.0806. The second kappa shape index (κ2) is 39.2. The van der Waals surface area contributed by atoms with Crippen LogP contribution in [0.15, 0.2) is 48.6 Å². The maximum atomic E-state index is 12.6. The SMILES string of the molecule is CC/C=C\C/C=C\C/C=C\C/C=C\CCCCCCC(=O)OCC(COC(=O)CCCCCCCC)OC(=O)CCCCCCCCCCC. The van der Waals surface area contributed by atoms with Gasteiger partial charge in [0.2, 0.25) is 0 Å². The molecule has 0 spiro atoms. The van der Waals surface area contributed by atoms with Crippen molar-refractivity contribution in [3.05, 3.63) is 48.6 Å². The molecule has 0 heterocycles.